The Morgan fingerprint density at radius 3 is 2.50 bits per heavy atom. The first kappa shape index (κ1) is 19.0. The molecule has 1 aromatic rings. The number of hydrogen-bond acceptors (Lipinski definition) is 3. The Morgan fingerprint density at radius 2 is 1.92 bits per heavy atom. The number of benzene rings is 1. The van der Waals surface area contributed by atoms with Crippen molar-refractivity contribution in [3.05, 3.63) is 48.0 Å². The Kier molecular flexibility index (Phi) is 5.71. The van der Waals surface area contributed by atoms with Crippen LogP contribution in [0.2, 0.25) is 0 Å². The van der Waals surface area contributed by atoms with Crippen LogP contribution in [0.1, 0.15) is 45.6 Å². The summed E-state index contributed by atoms with van der Waals surface area (Å²) in [6.07, 6.45) is 8.32. The van der Waals surface area contributed by atoms with Crippen LogP contribution in [-0.4, -0.2) is 42.4 Å². The van der Waals surface area contributed by atoms with Gasteiger partial charge in [-0.2, -0.15) is 0 Å². The molecule has 0 radical (unpaired) electrons. The summed E-state index contributed by atoms with van der Waals surface area (Å²) < 4.78 is 11.6. The Morgan fingerprint density at radius 1 is 1.23 bits per heavy atom. The second-order valence-corrected chi connectivity index (χ2v) is 8.50. The molecule has 2 heterocycles. The van der Waals surface area contributed by atoms with Gasteiger partial charge in [-0.3, -0.25) is 0 Å². The number of nitrogens with zero attached hydrogens (tertiary/aromatic N) is 1. The molecule has 0 saturated carbocycles. The molecule has 26 heavy (non-hydrogen) atoms. The minimum atomic E-state index is -0.448. The molecule has 1 fully saturated rings. The van der Waals surface area contributed by atoms with Gasteiger partial charge in [-0.05, 0) is 52.0 Å². The standard InChI is InChI=1S/C22H31NO3/c1-21(2,3)26-20(24)23-15-13-22(14-16-23,19-10-7-17-25-19)12-11-18-8-5-4-6-9-18/h4-10,19H,11-17H2,1-3H3/t19-/m0/s1. The van der Waals surface area contributed by atoms with Crippen LogP contribution in [-0.2, 0) is 15.9 Å². The largest absolute Gasteiger partial charge is 0.444 e. The van der Waals surface area contributed by atoms with E-state index in [1.807, 2.05) is 25.7 Å². The van der Waals surface area contributed by atoms with Gasteiger partial charge in [-0.25, -0.2) is 4.79 Å². The molecule has 4 heteroatoms. The zero-order valence-corrected chi connectivity index (χ0v) is 16.2. The molecule has 0 N–H and O–H groups in total. The number of likely N-dealkylation sites (tertiary alicyclic amines) is 1. The SMILES string of the molecule is CC(C)(C)OC(=O)N1CCC(CCc2ccccc2)([C@@H]2C=CCO2)CC1. The van der Waals surface area contributed by atoms with Gasteiger partial charge >= 0.3 is 6.09 Å². The predicted octanol–water partition coefficient (Wildman–Crippen LogP) is 4.59. The van der Waals surface area contributed by atoms with Crippen molar-refractivity contribution in [2.45, 2.75) is 58.2 Å². The van der Waals surface area contributed by atoms with Crippen LogP contribution in [0.5, 0.6) is 0 Å². The predicted molar refractivity (Wildman–Crippen MR) is 103 cm³/mol. The third-order valence-electron chi connectivity index (χ3n) is 5.45. The number of ether oxygens (including phenoxy) is 2. The number of piperidine rings is 1. The van der Waals surface area contributed by atoms with Gasteiger partial charge < -0.3 is 14.4 Å². The van der Waals surface area contributed by atoms with E-state index in [0.29, 0.717) is 6.61 Å². The fourth-order valence-electron chi connectivity index (χ4n) is 3.95. The maximum atomic E-state index is 12.4. The molecule has 2 aliphatic rings. The summed E-state index contributed by atoms with van der Waals surface area (Å²) in [5.41, 5.74) is 1.01. The second kappa shape index (κ2) is 7.83. The molecule has 1 aromatic carbocycles. The van der Waals surface area contributed by atoms with Crippen LogP contribution in [0, 0.1) is 5.41 Å². The molecule has 1 saturated heterocycles. The molecular formula is C22H31NO3. The Bertz CT molecular complexity index is 625. The van der Waals surface area contributed by atoms with E-state index < -0.39 is 5.60 Å². The number of aryl methyl sites for hydroxylation is 1. The lowest BCUT2D eigenvalue weighted by Gasteiger charge is -2.45. The summed E-state index contributed by atoms with van der Waals surface area (Å²) in [4.78, 5) is 14.2. The lowest BCUT2D eigenvalue weighted by Crippen LogP contribution is -2.49. The highest BCUT2D eigenvalue weighted by molar-refractivity contribution is 5.68. The van der Waals surface area contributed by atoms with Gasteiger partial charge in [0.2, 0.25) is 0 Å². The van der Waals surface area contributed by atoms with E-state index in [2.05, 4.69) is 42.5 Å². The highest BCUT2D eigenvalue weighted by Crippen LogP contribution is 2.43. The van der Waals surface area contributed by atoms with Crippen LogP contribution in [0.4, 0.5) is 4.79 Å². The molecule has 3 rings (SSSR count). The van der Waals surface area contributed by atoms with Crippen molar-refractivity contribution in [1.82, 2.24) is 4.90 Å². The van der Waals surface area contributed by atoms with Crippen molar-refractivity contribution >= 4 is 6.09 Å². The van der Waals surface area contributed by atoms with Gasteiger partial charge in [0.1, 0.15) is 5.60 Å². The lowest BCUT2D eigenvalue weighted by molar-refractivity contribution is -0.0376. The van der Waals surface area contributed by atoms with Crippen molar-refractivity contribution in [2.24, 2.45) is 5.41 Å². The summed E-state index contributed by atoms with van der Waals surface area (Å²) in [6.45, 7) is 7.91. The first-order valence-electron chi connectivity index (χ1n) is 9.68. The average Bonchev–Trinajstić information content (AvgIpc) is 3.15. The van der Waals surface area contributed by atoms with E-state index in [0.717, 1.165) is 38.8 Å². The second-order valence-electron chi connectivity index (χ2n) is 8.50. The smallest absolute Gasteiger partial charge is 0.410 e. The quantitative estimate of drug-likeness (QED) is 0.740. The summed E-state index contributed by atoms with van der Waals surface area (Å²) in [6, 6.07) is 10.6. The molecule has 1 atom stereocenters. The van der Waals surface area contributed by atoms with E-state index in [1.165, 1.54) is 5.56 Å². The van der Waals surface area contributed by atoms with Crippen molar-refractivity contribution in [3.8, 4) is 0 Å². The van der Waals surface area contributed by atoms with Crippen molar-refractivity contribution < 1.29 is 14.3 Å². The average molecular weight is 357 g/mol. The molecule has 2 aliphatic heterocycles. The van der Waals surface area contributed by atoms with E-state index >= 15 is 0 Å². The maximum Gasteiger partial charge on any atom is 0.410 e. The molecule has 0 unspecified atom stereocenters. The van der Waals surface area contributed by atoms with E-state index in [9.17, 15) is 4.79 Å². The van der Waals surface area contributed by atoms with Crippen LogP contribution in [0.15, 0.2) is 42.5 Å². The van der Waals surface area contributed by atoms with Gasteiger partial charge in [0, 0.05) is 18.5 Å². The highest BCUT2D eigenvalue weighted by atomic mass is 16.6. The first-order valence-corrected chi connectivity index (χ1v) is 9.68. The van der Waals surface area contributed by atoms with Crippen molar-refractivity contribution in [2.75, 3.05) is 19.7 Å². The molecule has 0 aliphatic carbocycles. The zero-order valence-electron chi connectivity index (χ0n) is 16.2. The van der Waals surface area contributed by atoms with E-state index in [1.54, 1.807) is 0 Å². The maximum absolute atomic E-state index is 12.4. The summed E-state index contributed by atoms with van der Waals surface area (Å²) >= 11 is 0. The van der Waals surface area contributed by atoms with E-state index in [4.69, 9.17) is 9.47 Å². The molecule has 4 nitrogen and oxygen atoms in total. The third-order valence-corrected chi connectivity index (χ3v) is 5.45. The van der Waals surface area contributed by atoms with Crippen LogP contribution >= 0.6 is 0 Å². The minimum absolute atomic E-state index is 0.0986. The Labute approximate surface area is 157 Å². The normalized spacial score (nSPS) is 22.4. The Balaban J connectivity index is 1.65. The number of carbonyl (C=O) groups is 1. The van der Waals surface area contributed by atoms with Crippen molar-refractivity contribution in [3.63, 3.8) is 0 Å². The zero-order chi connectivity index (χ0) is 18.6. The van der Waals surface area contributed by atoms with Gasteiger partial charge in [0.15, 0.2) is 0 Å². The summed E-state index contributed by atoms with van der Waals surface area (Å²) in [7, 11) is 0. The van der Waals surface area contributed by atoms with Gasteiger partial charge in [-0.15, -0.1) is 0 Å². The fourth-order valence-corrected chi connectivity index (χ4v) is 3.95. The van der Waals surface area contributed by atoms with Crippen LogP contribution in [0.25, 0.3) is 0 Å². The van der Waals surface area contributed by atoms with E-state index in [-0.39, 0.29) is 17.6 Å². The first-order chi connectivity index (χ1) is 12.4. The lowest BCUT2D eigenvalue weighted by atomic mass is 9.70. The van der Waals surface area contributed by atoms with Crippen LogP contribution in [0.3, 0.4) is 0 Å². The topological polar surface area (TPSA) is 38.8 Å². The van der Waals surface area contributed by atoms with Gasteiger partial charge in [0.25, 0.3) is 0 Å². The molecule has 0 spiro atoms. The Hall–Kier alpha value is -1.81. The molecular weight excluding hydrogens is 326 g/mol. The summed E-state index contributed by atoms with van der Waals surface area (Å²) in [5.74, 6) is 0. The number of amides is 1. The summed E-state index contributed by atoms with van der Waals surface area (Å²) in [5, 5.41) is 0. The fraction of sp³-hybridized carbons (Fsp3) is 0.591. The van der Waals surface area contributed by atoms with Gasteiger partial charge in [-0.1, -0.05) is 42.5 Å². The molecule has 0 aromatic heterocycles. The van der Waals surface area contributed by atoms with Gasteiger partial charge in [0.05, 0.1) is 12.7 Å². The molecule has 142 valence electrons. The third kappa shape index (κ3) is 4.67. The number of rotatable bonds is 4. The minimum Gasteiger partial charge on any atom is -0.444 e. The molecule has 1 amide bonds. The highest BCUT2D eigenvalue weighted by Gasteiger charge is 2.43. The molecule has 0 bridgehead atoms. The van der Waals surface area contributed by atoms with Crippen LogP contribution < -0.4 is 0 Å². The van der Waals surface area contributed by atoms with Crippen molar-refractivity contribution in [1.29, 1.82) is 0 Å². The number of carbonyl (C=O) groups excluding carboxylic acids is 1. The monoisotopic (exact) mass is 357 g/mol. The number of hydrogen-bond donors (Lipinski definition) is 0.